The molecule has 1 unspecified atom stereocenters. The van der Waals surface area contributed by atoms with Crippen molar-refractivity contribution in [1.29, 1.82) is 0 Å². The van der Waals surface area contributed by atoms with E-state index in [9.17, 15) is 8.78 Å². The van der Waals surface area contributed by atoms with Crippen molar-refractivity contribution in [2.45, 2.75) is 25.8 Å². The van der Waals surface area contributed by atoms with Gasteiger partial charge in [-0.2, -0.15) is 0 Å². The summed E-state index contributed by atoms with van der Waals surface area (Å²) in [4.78, 5) is 6.94. The first-order valence-corrected chi connectivity index (χ1v) is 5.19. The van der Waals surface area contributed by atoms with Crippen molar-refractivity contribution in [3.8, 4) is 0 Å². The Morgan fingerprint density at radius 2 is 2.19 bits per heavy atom. The van der Waals surface area contributed by atoms with Gasteiger partial charge in [-0.15, -0.1) is 0 Å². The number of hydrogen-bond donors (Lipinski definition) is 2. The molecule has 0 aliphatic heterocycles. The molecule has 2 aromatic rings. The summed E-state index contributed by atoms with van der Waals surface area (Å²) in [6, 6.07) is 2.03. The molecule has 1 atom stereocenters. The fraction of sp³-hybridized carbons (Fsp3) is 0.364. The van der Waals surface area contributed by atoms with Crippen LogP contribution in [0.2, 0.25) is 0 Å². The van der Waals surface area contributed by atoms with Crippen LogP contribution in [0.25, 0.3) is 11.0 Å². The Kier molecular flexibility index (Phi) is 2.87. The second-order valence-corrected chi connectivity index (χ2v) is 3.84. The van der Waals surface area contributed by atoms with E-state index in [0.29, 0.717) is 17.8 Å². The molecular weight excluding hydrogens is 212 g/mol. The van der Waals surface area contributed by atoms with Crippen molar-refractivity contribution in [1.82, 2.24) is 9.97 Å². The predicted octanol–water partition coefficient (Wildman–Crippen LogP) is 2.12. The molecule has 0 saturated heterocycles. The normalized spacial score (nSPS) is 13.2. The van der Waals surface area contributed by atoms with Crippen LogP contribution in [-0.2, 0) is 6.42 Å². The van der Waals surface area contributed by atoms with E-state index in [0.717, 1.165) is 12.5 Å². The van der Waals surface area contributed by atoms with Gasteiger partial charge >= 0.3 is 0 Å². The Morgan fingerprint density at radius 3 is 2.88 bits per heavy atom. The number of H-pyrrole nitrogens is 1. The average molecular weight is 225 g/mol. The number of hydrogen-bond acceptors (Lipinski definition) is 2. The third-order valence-electron chi connectivity index (χ3n) is 2.53. The van der Waals surface area contributed by atoms with Crippen molar-refractivity contribution >= 4 is 11.0 Å². The zero-order valence-corrected chi connectivity index (χ0v) is 8.93. The van der Waals surface area contributed by atoms with Gasteiger partial charge in [-0.3, -0.25) is 0 Å². The zero-order valence-electron chi connectivity index (χ0n) is 8.93. The largest absolute Gasteiger partial charge is 0.342 e. The van der Waals surface area contributed by atoms with E-state index >= 15 is 0 Å². The number of rotatable bonds is 3. The van der Waals surface area contributed by atoms with Gasteiger partial charge in [0.15, 0.2) is 5.82 Å². The summed E-state index contributed by atoms with van der Waals surface area (Å²) in [6.45, 7) is 1.97. The van der Waals surface area contributed by atoms with Gasteiger partial charge in [-0.05, 0) is 12.5 Å². The predicted molar refractivity (Wildman–Crippen MR) is 58.0 cm³/mol. The number of aromatic nitrogens is 2. The van der Waals surface area contributed by atoms with Crippen LogP contribution in [0.4, 0.5) is 8.78 Å². The zero-order chi connectivity index (χ0) is 11.7. The van der Waals surface area contributed by atoms with Crippen LogP contribution in [0, 0.1) is 11.6 Å². The molecule has 0 amide bonds. The average Bonchev–Trinajstić information content (AvgIpc) is 2.60. The SMILES string of the molecule is CCC(N)Cc1nc2c(F)cc(F)cc2[nH]1. The summed E-state index contributed by atoms with van der Waals surface area (Å²) in [5.41, 5.74) is 6.30. The maximum atomic E-state index is 13.3. The third kappa shape index (κ3) is 2.04. The number of fused-ring (bicyclic) bond motifs is 1. The summed E-state index contributed by atoms with van der Waals surface area (Å²) in [7, 11) is 0. The molecule has 0 radical (unpaired) electrons. The molecule has 0 spiro atoms. The summed E-state index contributed by atoms with van der Waals surface area (Å²) in [6.07, 6.45) is 1.35. The minimum Gasteiger partial charge on any atom is -0.342 e. The summed E-state index contributed by atoms with van der Waals surface area (Å²) >= 11 is 0. The van der Waals surface area contributed by atoms with E-state index in [-0.39, 0.29) is 11.6 Å². The molecule has 1 aromatic carbocycles. The molecule has 1 aromatic heterocycles. The Hall–Kier alpha value is -1.49. The van der Waals surface area contributed by atoms with Gasteiger partial charge in [0.1, 0.15) is 17.2 Å². The van der Waals surface area contributed by atoms with Crippen LogP contribution in [0.3, 0.4) is 0 Å². The Balaban J connectivity index is 2.40. The molecule has 3 N–H and O–H groups in total. The molecule has 0 bridgehead atoms. The molecular formula is C11H13F2N3. The van der Waals surface area contributed by atoms with Crippen LogP contribution < -0.4 is 5.73 Å². The lowest BCUT2D eigenvalue weighted by atomic mass is 10.2. The highest BCUT2D eigenvalue weighted by Gasteiger charge is 2.11. The first-order valence-electron chi connectivity index (χ1n) is 5.19. The lowest BCUT2D eigenvalue weighted by Gasteiger charge is -2.04. The highest BCUT2D eigenvalue weighted by atomic mass is 19.1. The van der Waals surface area contributed by atoms with Crippen LogP contribution >= 0.6 is 0 Å². The van der Waals surface area contributed by atoms with Crippen LogP contribution in [0.15, 0.2) is 12.1 Å². The third-order valence-corrected chi connectivity index (χ3v) is 2.53. The highest BCUT2D eigenvalue weighted by molar-refractivity contribution is 5.75. The number of benzene rings is 1. The van der Waals surface area contributed by atoms with Crippen molar-refractivity contribution in [2.24, 2.45) is 5.73 Å². The second kappa shape index (κ2) is 4.17. The maximum Gasteiger partial charge on any atom is 0.153 e. The molecule has 2 rings (SSSR count). The molecule has 0 fully saturated rings. The molecule has 16 heavy (non-hydrogen) atoms. The standard InChI is InChI=1S/C11H13F2N3/c1-2-7(14)5-10-15-9-4-6(12)3-8(13)11(9)16-10/h3-4,7H,2,5,14H2,1H3,(H,15,16). The summed E-state index contributed by atoms with van der Waals surface area (Å²) < 4.78 is 26.2. The fourth-order valence-electron chi connectivity index (χ4n) is 1.58. The van der Waals surface area contributed by atoms with E-state index in [1.807, 2.05) is 6.92 Å². The first kappa shape index (κ1) is 11.0. The Morgan fingerprint density at radius 1 is 1.44 bits per heavy atom. The molecule has 0 aliphatic carbocycles. The topological polar surface area (TPSA) is 54.7 Å². The van der Waals surface area contributed by atoms with Crippen molar-refractivity contribution < 1.29 is 8.78 Å². The molecule has 3 nitrogen and oxygen atoms in total. The molecule has 1 heterocycles. The van der Waals surface area contributed by atoms with Gasteiger partial charge in [-0.1, -0.05) is 6.92 Å². The number of nitrogens with zero attached hydrogens (tertiary/aromatic N) is 1. The van der Waals surface area contributed by atoms with Gasteiger partial charge < -0.3 is 10.7 Å². The number of aromatic amines is 1. The minimum atomic E-state index is -0.650. The molecule has 5 heteroatoms. The number of nitrogens with one attached hydrogen (secondary N) is 1. The minimum absolute atomic E-state index is 0.0199. The monoisotopic (exact) mass is 225 g/mol. The second-order valence-electron chi connectivity index (χ2n) is 3.84. The fourth-order valence-corrected chi connectivity index (χ4v) is 1.58. The van der Waals surface area contributed by atoms with Crippen molar-refractivity contribution in [2.75, 3.05) is 0 Å². The van der Waals surface area contributed by atoms with Crippen LogP contribution in [0.1, 0.15) is 19.2 Å². The van der Waals surface area contributed by atoms with E-state index in [1.54, 1.807) is 0 Å². The van der Waals surface area contributed by atoms with E-state index in [4.69, 9.17) is 5.73 Å². The maximum absolute atomic E-state index is 13.3. The van der Waals surface area contributed by atoms with Gasteiger partial charge in [0, 0.05) is 18.5 Å². The van der Waals surface area contributed by atoms with Crippen LogP contribution in [0.5, 0.6) is 0 Å². The van der Waals surface area contributed by atoms with Crippen molar-refractivity contribution in [3.63, 3.8) is 0 Å². The Bertz CT molecular complexity index is 507. The van der Waals surface area contributed by atoms with Gasteiger partial charge in [0.05, 0.1) is 5.52 Å². The van der Waals surface area contributed by atoms with Crippen molar-refractivity contribution in [3.05, 3.63) is 29.6 Å². The van der Waals surface area contributed by atoms with E-state index in [1.165, 1.54) is 6.07 Å². The molecule has 86 valence electrons. The van der Waals surface area contributed by atoms with Gasteiger partial charge in [0.2, 0.25) is 0 Å². The molecule has 0 aliphatic rings. The number of halogens is 2. The lowest BCUT2D eigenvalue weighted by molar-refractivity contribution is 0.590. The summed E-state index contributed by atoms with van der Waals surface area (Å²) in [5, 5.41) is 0. The van der Waals surface area contributed by atoms with Gasteiger partial charge in [0.25, 0.3) is 0 Å². The molecule has 0 saturated carbocycles. The highest BCUT2D eigenvalue weighted by Crippen LogP contribution is 2.17. The number of imidazole rings is 1. The van der Waals surface area contributed by atoms with E-state index in [2.05, 4.69) is 9.97 Å². The summed E-state index contributed by atoms with van der Waals surface area (Å²) in [5.74, 6) is -0.670. The van der Waals surface area contributed by atoms with Gasteiger partial charge in [-0.25, -0.2) is 13.8 Å². The van der Waals surface area contributed by atoms with E-state index < -0.39 is 11.6 Å². The number of nitrogens with two attached hydrogens (primary N) is 1. The first-order chi connectivity index (χ1) is 7.60. The quantitative estimate of drug-likeness (QED) is 0.840. The Labute approximate surface area is 91.7 Å². The van der Waals surface area contributed by atoms with Crippen LogP contribution in [-0.4, -0.2) is 16.0 Å². The smallest absolute Gasteiger partial charge is 0.153 e. The lowest BCUT2D eigenvalue weighted by Crippen LogP contribution is -2.21.